The van der Waals surface area contributed by atoms with Crippen LogP contribution in [0.3, 0.4) is 0 Å². The third-order valence-corrected chi connectivity index (χ3v) is 3.36. The summed E-state index contributed by atoms with van der Waals surface area (Å²) in [4.78, 5) is 21.8. The van der Waals surface area contributed by atoms with E-state index < -0.39 is 0 Å². The molecule has 2 aromatic rings. The summed E-state index contributed by atoms with van der Waals surface area (Å²) in [5.74, 6) is 0.0667. The van der Waals surface area contributed by atoms with Gasteiger partial charge in [0.15, 0.2) is 0 Å². The topological polar surface area (TPSA) is 72.1 Å². The van der Waals surface area contributed by atoms with Crippen LogP contribution >= 0.6 is 11.6 Å². The maximum atomic E-state index is 12.3. The molecule has 0 aliphatic carbocycles. The number of halogens is 1. The van der Waals surface area contributed by atoms with Crippen molar-refractivity contribution in [2.75, 3.05) is 12.8 Å². The largest absolute Gasteiger partial charge is 0.382 e. The zero-order valence-electron chi connectivity index (χ0n) is 11.2. The van der Waals surface area contributed by atoms with E-state index in [9.17, 15) is 4.79 Å². The maximum absolute atomic E-state index is 12.3. The zero-order chi connectivity index (χ0) is 14.7. The van der Waals surface area contributed by atoms with Gasteiger partial charge in [0.25, 0.3) is 5.91 Å². The van der Waals surface area contributed by atoms with Crippen LogP contribution in [0.25, 0.3) is 0 Å². The van der Waals surface area contributed by atoms with Gasteiger partial charge in [-0.3, -0.25) is 4.79 Å². The van der Waals surface area contributed by atoms with Gasteiger partial charge in [0, 0.05) is 12.1 Å². The molecule has 0 bridgehead atoms. The van der Waals surface area contributed by atoms with Gasteiger partial charge in [-0.2, -0.15) is 0 Å². The third-order valence-electron chi connectivity index (χ3n) is 3.12. The number of hydrogen-bond acceptors (Lipinski definition) is 4. The van der Waals surface area contributed by atoms with Crippen LogP contribution in [-0.2, 0) is 0 Å². The molecule has 2 N–H and O–H groups in total. The summed E-state index contributed by atoms with van der Waals surface area (Å²) in [5.41, 5.74) is 6.67. The fraction of sp³-hybridized carbons (Fsp3) is 0.214. The number of nitrogen functional groups attached to an aromatic ring is 1. The molecule has 104 valence electrons. The Hall–Kier alpha value is -2.14. The van der Waals surface area contributed by atoms with Crippen molar-refractivity contribution in [3.8, 4) is 0 Å². The van der Waals surface area contributed by atoms with Gasteiger partial charge in [0.2, 0.25) is 0 Å². The number of hydrogen-bond donors (Lipinski definition) is 1. The van der Waals surface area contributed by atoms with Crippen molar-refractivity contribution in [2.45, 2.75) is 13.0 Å². The molecular formula is C14H15ClN4O. The Morgan fingerprint density at radius 3 is 2.70 bits per heavy atom. The second kappa shape index (κ2) is 5.88. The molecule has 0 radical (unpaired) electrons. The van der Waals surface area contributed by atoms with Crippen LogP contribution < -0.4 is 5.73 Å². The van der Waals surface area contributed by atoms with Gasteiger partial charge in [-0.05, 0) is 24.6 Å². The lowest BCUT2D eigenvalue weighted by molar-refractivity contribution is 0.0736. The molecule has 20 heavy (non-hydrogen) atoms. The lowest BCUT2D eigenvalue weighted by Crippen LogP contribution is -2.30. The van der Waals surface area contributed by atoms with E-state index in [1.807, 2.05) is 25.1 Å². The quantitative estimate of drug-likeness (QED) is 0.943. The summed E-state index contributed by atoms with van der Waals surface area (Å²) >= 11 is 5.97. The third kappa shape index (κ3) is 3.05. The van der Waals surface area contributed by atoms with E-state index in [1.54, 1.807) is 18.0 Å². The van der Waals surface area contributed by atoms with Crippen molar-refractivity contribution in [3.63, 3.8) is 0 Å². The number of carbonyl (C=O) groups excluding carboxylic acids is 1. The van der Waals surface area contributed by atoms with Crippen molar-refractivity contribution in [1.82, 2.24) is 14.9 Å². The highest BCUT2D eigenvalue weighted by Gasteiger charge is 2.20. The van der Waals surface area contributed by atoms with E-state index in [4.69, 9.17) is 17.3 Å². The Bertz CT molecular complexity index is 615. The number of benzene rings is 1. The van der Waals surface area contributed by atoms with Gasteiger partial charge < -0.3 is 10.6 Å². The standard InChI is InChI=1S/C14H15ClN4O/c1-9(10-4-3-5-11(15)6-10)19(2)14(20)12-7-18-13(16)8-17-12/h3-9H,1-2H3,(H2,16,18). The summed E-state index contributed by atoms with van der Waals surface area (Å²) in [5, 5.41) is 0.641. The van der Waals surface area contributed by atoms with Crippen molar-refractivity contribution >= 4 is 23.3 Å². The first-order valence-electron chi connectivity index (χ1n) is 6.09. The molecular weight excluding hydrogens is 276 g/mol. The lowest BCUT2D eigenvalue weighted by atomic mass is 10.1. The Morgan fingerprint density at radius 1 is 1.35 bits per heavy atom. The minimum absolute atomic E-state index is 0.124. The predicted molar refractivity (Wildman–Crippen MR) is 78.4 cm³/mol. The second-order valence-corrected chi connectivity index (χ2v) is 4.91. The van der Waals surface area contributed by atoms with Gasteiger partial charge in [-0.15, -0.1) is 0 Å². The first-order valence-corrected chi connectivity index (χ1v) is 6.47. The Labute approximate surface area is 122 Å². The maximum Gasteiger partial charge on any atom is 0.274 e. The minimum atomic E-state index is -0.218. The van der Waals surface area contributed by atoms with Crippen LogP contribution in [0, 0.1) is 0 Å². The van der Waals surface area contributed by atoms with Gasteiger partial charge in [0.1, 0.15) is 11.5 Å². The molecule has 0 aliphatic heterocycles. The molecule has 5 nitrogen and oxygen atoms in total. The Balaban J connectivity index is 2.20. The highest BCUT2D eigenvalue weighted by Crippen LogP contribution is 2.22. The Kier molecular flexibility index (Phi) is 4.20. The van der Waals surface area contributed by atoms with Crippen LogP contribution in [0.4, 0.5) is 5.82 Å². The molecule has 0 spiro atoms. The van der Waals surface area contributed by atoms with Crippen LogP contribution in [0.2, 0.25) is 5.02 Å². The van der Waals surface area contributed by atoms with Crippen molar-refractivity contribution in [1.29, 1.82) is 0 Å². The summed E-state index contributed by atoms with van der Waals surface area (Å²) in [7, 11) is 1.71. The van der Waals surface area contributed by atoms with Crippen LogP contribution in [-0.4, -0.2) is 27.8 Å². The molecule has 1 aromatic heterocycles. The van der Waals surface area contributed by atoms with E-state index in [0.29, 0.717) is 5.02 Å². The molecule has 0 saturated carbocycles. The van der Waals surface area contributed by atoms with Crippen molar-refractivity contribution in [3.05, 3.63) is 52.9 Å². The average Bonchev–Trinajstić information content (AvgIpc) is 2.46. The fourth-order valence-corrected chi connectivity index (χ4v) is 1.99. The molecule has 1 amide bonds. The van der Waals surface area contributed by atoms with Gasteiger partial charge in [0.05, 0.1) is 18.4 Å². The number of anilines is 1. The summed E-state index contributed by atoms with van der Waals surface area (Å²) in [6.07, 6.45) is 2.74. The average molecular weight is 291 g/mol. The van der Waals surface area contributed by atoms with Crippen LogP contribution in [0.1, 0.15) is 29.0 Å². The fourth-order valence-electron chi connectivity index (χ4n) is 1.80. The summed E-state index contributed by atoms with van der Waals surface area (Å²) in [6, 6.07) is 7.29. The molecule has 1 unspecified atom stereocenters. The number of rotatable bonds is 3. The molecule has 2 rings (SSSR count). The zero-order valence-corrected chi connectivity index (χ0v) is 12.0. The summed E-state index contributed by atoms with van der Waals surface area (Å²) < 4.78 is 0. The van der Waals surface area contributed by atoms with E-state index in [-0.39, 0.29) is 23.5 Å². The predicted octanol–water partition coefficient (Wildman–Crippen LogP) is 2.55. The van der Waals surface area contributed by atoms with E-state index in [0.717, 1.165) is 5.56 Å². The van der Waals surface area contributed by atoms with E-state index >= 15 is 0 Å². The van der Waals surface area contributed by atoms with E-state index in [1.165, 1.54) is 12.4 Å². The smallest absolute Gasteiger partial charge is 0.274 e. The number of nitrogens with two attached hydrogens (primary N) is 1. The Morgan fingerprint density at radius 2 is 2.10 bits per heavy atom. The monoisotopic (exact) mass is 290 g/mol. The summed E-state index contributed by atoms with van der Waals surface area (Å²) in [6.45, 7) is 1.92. The minimum Gasteiger partial charge on any atom is -0.382 e. The van der Waals surface area contributed by atoms with Crippen LogP contribution in [0.5, 0.6) is 0 Å². The second-order valence-electron chi connectivity index (χ2n) is 4.47. The number of carbonyl (C=O) groups is 1. The lowest BCUT2D eigenvalue weighted by Gasteiger charge is -2.25. The van der Waals surface area contributed by atoms with E-state index in [2.05, 4.69) is 9.97 Å². The number of amides is 1. The molecule has 0 fully saturated rings. The van der Waals surface area contributed by atoms with Gasteiger partial charge in [-0.1, -0.05) is 23.7 Å². The van der Waals surface area contributed by atoms with Gasteiger partial charge >= 0.3 is 0 Å². The van der Waals surface area contributed by atoms with Gasteiger partial charge in [-0.25, -0.2) is 9.97 Å². The highest BCUT2D eigenvalue weighted by atomic mass is 35.5. The number of nitrogens with zero attached hydrogens (tertiary/aromatic N) is 3. The number of aromatic nitrogens is 2. The normalized spacial score (nSPS) is 11.9. The highest BCUT2D eigenvalue weighted by molar-refractivity contribution is 6.30. The first-order chi connectivity index (χ1) is 9.49. The first kappa shape index (κ1) is 14.3. The van der Waals surface area contributed by atoms with Crippen LogP contribution in [0.15, 0.2) is 36.7 Å². The molecule has 0 aliphatic rings. The molecule has 1 aromatic carbocycles. The van der Waals surface area contributed by atoms with Crippen molar-refractivity contribution in [2.24, 2.45) is 0 Å². The van der Waals surface area contributed by atoms with Crippen molar-refractivity contribution < 1.29 is 4.79 Å². The molecule has 1 atom stereocenters. The molecule has 6 heteroatoms. The SMILES string of the molecule is CC(c1cccc(Cl)c1)N(C)C(=O)c1cnc(N)cn1. The molecule has 0 saturated heterocycles. The molecule has 1 heterocycles.